The standard InChI is InChI=1S/C15H19N3O2S/c1-3-21-9-8-10(2)16-13-11-6-4-5-7-12(11)17-14(18-13)15(19)20/h4-7,10H,3,8-9H2,1-2H3,(H,19,20)(H,16,17,18). The highest BCUT2D eigenvalue weighted by Crippen LogP contribution is 2.21. The molecule has 0 aliphatic carbocycles. The molecule has 5 nitrogen and oxygen atoms in total. The lowest BCUT2D eigenvalue weighted by Gasteiger charge is -2.16. The van der Waals surface area contributed by atoms with Gasteiger partial charge in [-0.3, -0.25) is 0 Å². The Morgan fingerprint density at radius 1 is 1.38 bits per heavy atom. The van der Waals surface area contributed by atoms with Gasteiger partial charge in [0.05, 0.1) is 5.52 Å². The Labute approximate surface area is 128 Å². The minimum atomic E-state index is -1.11. The van der Waals surface area contributed by atoms with Crippen LogP contribution in [0.1, 0.15) is 30.9 Å². The summed E-state index contributed by atoms with van der Waals surface area (Å²) in [6, 6.07) is 7.66. The fraction of sp³-hybridized carbons (Fsp3) is 0.400. The molecule has 1 heterocycles. The number of anilines is 1. The smallest absolute Gasteiger partial charge is 0.374 e. The number of nitrogens with one attached hydrogen (secondary N) is 1. The number of benzene rings is 1. The van der Waals surface area contributed by atoms with Gasteiger partial charge in [-0.1, -0.05) is 19.1 Å². The number of rotatable bonds is 7. The van der Waals surface area contributed by atoms with Crippen LogP contribution in [0, 0.1) is 0 Å². The molecule has 0 bridgehead atoms. The van der Waals surface area contributed by atoms with Crippen LogP contribution in [-0.2, 0) is 0 Å². The summed E-state index contributed by atoms with van der Waals surface area (Å²) >= 11 is 1.89. The Morgan fingerprint density at radius 3 is 2.86 bits per heavy atom. The van der Waals surface area contributed by atoms with Gasteiger partial charge in [0, 0.05) is 11.4 Å². The number of hydrogen-bond acceptors (Lipinski definition) is 5. The molecule has 0 radical (unpaired) electrons. The Bertz CT molecular complexity index is 633. The van der Waals surface area contributed by atoms with Crippen LogP contribution in [0.4, 0.5) is 5.82 Å². The molecule has 6 heteroatoms. The van der Waals surface area contributed by atoms with Gasteiger partial charge >= 0.3 is 5.97 Å². The average molecular weight is 305 g/mol. The van der Waals surface area contributed by atoms with E-state index in [4.69, 9.17) is 5.11 Å². The molecule has 21 heavy (non-hydrogen) atoms. The summed E-state index contributed by atoms with van der Waals surface area (Å²) in [6.07, 6.45) is 0.999. The van der Waals surface area contributed by atoms with Gasteiger partial charge in [0.2, 0.25) is 5.82 Å². The van der Waals surface area contributed by atoms with Gasteiger partial charge in [-0.15, -0.1) is 0 Å². The number of hydrogen-bond donors (Lipinski definition) is 2. The van der Waals surface area contributed by atoms with E-state index in [0.29, 0.717) is 11.3 Å². The lowest BCUT2D eigenvalue weighted by atomic mass is 10.2. The van der Waals surface area contributed by atoms with E-state index in [1.165, 1.54) is 0 Å². The fourth-order valence-electron chi connectivity index (χ4n) is 1.99. The first-order chi connectivity index (χ1) is 10.1. The van der Waals surface area contributed by atoms with E-state index in [0.717, 1.165) is 23.3 Å². The molecule has 1 aromatic heterocycles. The average Bonchev–Trinajstić information content (AvgIpc) is 2.47. The van der Waals surface area contributed by atoms with Crippen LogP contribution in [-0.4, -0.2) is 38.6 Å². The molecule has 1 aromatic carbocycles. The minimum Gasteiger partial charge on any atom is -0.475 e. The second kappa shape index (κ2) is 7.26. The molecular weight excluding hydrogens is 286 g/mol. The van der Waals surface area contributed by atoms with E-state index < -0.39 is 5.97 Å². The summed E-state index contributed by atoms with van der Waals surface area (Å²) in [5.74, 6) is 1.47. The first-order valence-corrected chi connectivity index (χ1v) is 8.11. The number of thioether (sulfide) groups is 1. The van der Waals surface area contributed by atoms with Crippen molar-refractivity contribution in [3.05, 3.63) is 30.1 Å². The van der Waals surface area contributed by atoms with E-state index >= 15 is 0 Å². The number of aromatic nitrogens is 2. The summed E-state index contributed by atoms with van der Waals surface area (Å²) in [5, 5.41) is 13.3. The van der Waals surface area contributed by atoms with Crippen molar-refractivity contribution in [2.24, 2.45) is 0 Å². The number of para-hydroxylation sites is 1. The summed E-state index contributed by atoms with van der Waals surface area (Å²) in [5.41, 5.74) is 0.641. The SMILES string of the molecule is CCSCCC(C)Nc1nc(C(=O)O)nc2ccccc12. The van der Waals surface area contributed by atoms with Crippen LogP contribution in [0.15, 0.2) is 24.3 Å². The van der Waals surface area contributed by atoms with Crippen LogP contribution in [0.5, 0.6) is 0 Å². The molecule has 112 valence electrons. The van der Waals surface area contributed by atoms with Crippen LogP contribution >= 0.6 is 11.8 Å². The highest BCUT2D eigenvalue weighted by molar-refractivity contribution is 7.99. The van der Waals surface area contributed by atoms with E-state index in [9.17, 15) is 4.79 Å². The van der Waals surface area contributed by atoms with Gasteiger partial charge in [0.15, 0.2) is 0 Å². The van der Waals surface area contributed by atoms with Crippen molar-refractivity contribution in [2.75, 3.05) is 16.8 Å². The molecule has 2 rings (SSSR count). The number of nitrogens with zero attached hydrogens (tertiary/aromatic N) is 2. The summed E-state index contributed by atoms with van der Waals surface area (Å²) in [7, 11) is 0. The molecule has 0 aliphatic rings. The van der Waals surface area contributed by atoms with E-state index in [1.807, 2.05) is 30.0 Å². The predicted octanol–water partition coefficient (Wildman–Crippen LogP) is 3.27. The molecule has 1 atom stereocenters. The largest absolute Gasteiger partial charge is 0.475 e. The van der Waals surface area contributed by atoms with Crippen LogP contribution in [0.25, 0.3) is 10.9 Å². The first-order valence-electron chi connectivity index (χ1n) is 6.96. The van der Waals surface area contributed by atoms with Crippen molar-refractivity contribution >= 4 is 34.5 Å². The number of fused-ring (bicyclic) bond motifs is 1. The molecule has 2 N–H and O–H groups in total. The summed E-state index contributed by atoms with van der Waals surface area (Å²) in [4.78, 5) is 19.3. The van der Waals surface area contributed by atoms with Gasteiger partial charge in [0.1, 0.15) is 5.82 Å². The Balaban J connectivity index is 2.26. The third-order valence-electron chi connectivity index (χ3n) is 3.08. The molecular formula is C15H19N3O2S. The molecule has 0 aliphatic heterocycles. The highest BCUT2D eigenvalue weighted by atomic mass is 32.2. The third-order valence-corrected chi connectivity index (χ3v) is 4.01. The van der Waals surface area contributed by atoms with E-state index in [-0.39, 0.29) is 11.9 Å². The predicted molar refractivity (Wildman–Crippen MR) is 87.2 cm³/mol. The molecule has 0 spiro atoms. The number of aromatic carboxylic acids is 1. The summed E-state index contributed by atoms with van der Waals surface area (Å²) < 4.78 is 0. The maximum absolute atomic E-state index is 11.1. The first kappa shape index (κ1) is 15.6. The van der Waals surface area contributed by atoms with Crippen molar-refractivity contribution < 1.29 is 9.90 Å². The lowest BCUT2D eigenvalue weighted by molar-refractivity contribution is 0.0684. The maximum atomic E-state index is 11.1. The number of carboxylic acids is 1. The molecule has 0 amide bonds. The van der Waals surface area contributed by atoms with Crippen molar-refractivity contribution in [3.8, 4) is 0 Å². The molecule has 0 saturated carbocycles. The Hall–Kier alpha value is -1.82. The monoisotopic (exact) mass is 305 g/mol. The molecule has 1 unspecified atom stereocenters. The van der Waals surface area contributed by atoms with Crippen molar-refractivity contribution in [3.63, 3.8) is 0 Å². The van der Waals surface area contributed by atoms with Gasteiger partial charge in [-0.05, 0) is 37.0 Å². The fourth-order valence-corrected chi connectivity index (χ4v) is 2.80. The highest BCUT2D eigenvalue weighted by Gasteiger charge is 2.13. The van der Waals surface area contributed by atoms with E-state index in [1.54, 1.807) is 6.07 Å². The van der Waals surface area contributed by atoms with Crippen molar-refractivity contribution in [2.45, 2.75) is 26.3 Å². The van der Waals surface area contributed by atoms with Crippen LogP contribution in [0.3, 0.4) is 0 Å². The van der Waals surface area contributed by atoms with Gasteiger partial charge < -0.3 is 10.4 Å². The topological polar surface area (TPSA) is 75.1 Å². The minimum absolute atomic E-state index is 0.175. The third kappa shape index (κ3) is 4.07. The van der Waals surface area contributed by atoms with Crippen LogP contribution in [0.2, 0.25) is 0 Å². The van der Waals surface area contributed by atoms with Gasteiger partial charge in [-0.25, -0.2) is 14.8 Å². The maximum Gasteiger partial charge on any atom is 0.374 e. The Kier molecular flexibility index (Phi) is 5.38. The second-order valence-electron chi connectivity index (χ2n) is 4.75. The number of carboxylic acid groups (broad SMARTS) is 1. The Morgan fingerprint density at radius 2 is 2.14 bits per heavy atom. The molecule has 2 aromatic rings. The molecule has 0 fully saturated rings. The quantitative estimate of drug-likeness (QED) is 0.765. The van der Waals surface area contributed by atoms with Crippen molar-refractivity contribution in [1.82, 2.24) is 9.97 Å². The zero-order valence-electron chi connectivity index (χ0n) is 12.2. The zero-order chi connectivity index (χ0) is 15.2. The normalized spacial score (nSPS) is 12.3. The van der Waals surface area contributed by atoms with Crippen LogP contribution < -0.4 is 5.32 Å². The summed E-state index contributed by atoms with van der Waals surface area (Å²) in [6.45, 7) is 4.22. The van der Waals surface area contributed by atoms with Gasteiger partial charge in [-0.2, -0.15) is 11.8 Å². The van der Waals surface area contributed by atoms with E-state index in [2.05, 4.69) is 29.1 Å². The molecule has 0 saturated heterocycles. The number of carbonyl (C=O) groups is 1. The lowest BCUT2D eigenvalue weighted by Crippen LogP contribution is -2.18. The van der Waals surface area contributed by atoms with Gasteiger partial charge in [0.25, 0.3) is 0 Å². The zero-order valence-corrected chi connectivity index (χ0v) is 13.0. The second-order valence-corrected chi connectivity index (χ2v) is 6.14. The van der Waals surface area contributed by atoms with Crippen molar-refractivity contribution in [1.29, 1.82) is 0 Å².